The Morgan fingerprint density at radius 2 is 0.913 bits per heavy atom. The lowest BCUT2D eigenvalue weighted by atomic mass is 9.50. The van der Waals surface area contributed by atoms with E-state index in [-0.39, 0.29) is 17.6 Å². The Morgan fingerprint density at radius 3 is 1.22 bits per heavy atom. The van der Waals surface area contributed by atoms with E-state index >= 15 is 0 Å². The van der Waals surface area contributed by atoms with Gasteiger partial charge in [-0.2, -0.15) is 0 Å². The molecule has 2 nitrogen and oxygen atoms in total. The third-order valence-electron chi connectivity index (χ3n) is 8.33. The van der Waals surface area contributed by atoms with Crippen LogP contribution in [0.25, 0.3) is 0 Å². The van der Waals surface area contributed by atoms with Gasteiger partial charge in [-0.15, -0.1) is 0 Å². The summed E-state index contributed by atoms with van der Waals surface area (Å²) in [4.78, 5) is 0. The van der Waals surface area contributed by atoms with Crippen LogP contribution in [-0.2, 0) is 0 Å². The maximum absolute atomic E-state index is 10.4. The predicted octanol–water partition coefficient (Wildman–Crippen LogP) is 4.59. The molecule has 10 atom stereocenters. The van der Waals surface area contributed by atoms with E-state index in [4.69, 9.17) is 0 Å². The highest BCUT2D eigenvalue weighted by Crippen LogP contribution is 2.55. The second-order valence-corrected chi connectivity index (χ2v) is 9.88. The largest absolute Gasteiger partial charge is 0.393 e. The molecule has 0 amide bonds. The molecule has 0 radical (unpaired) electrons. The van der Waals surface area contributed by atoms with Gasteiger partial charge in [0, 0.05) is 0 Å². The Hall–Kier alpha value is -0.0800. The molecule has 23 heavy (non-hydrogen) atoms. The van der Waals surface area contributed by atoms with Gasteiger partial charge in [-0.05, 0) is 65.6 Å². The lowest BCUT2D eigenvalue weighted by Gasteiger charge is -2.55. The second kappa shape index (κ2) is 6.67. The zero-order chi connectivity index (χ0) is 17.7. The van der Waals surface area contributed by atoms with Gasteiger partial charge in [-0.25, -0.2) is 0 Å². The minimum Gasteiger partial charge on any atom is -0.393 e. The van der Waals surface area contributed by atoms with Gasteiger partial charge in [0.25, 0.3) is 0 Å². The lowest BCUT2D eigenvalue weighted by Crippen LogP contribution is -2.52. The third-order valence-corrected chi connectivity index (χ3v) is 8.33. The fourth-order valence-corrected chi connectivity index (χ4v) is 6.14. The van der Waals surface area contributed by atoms with Crippen molar-refractivity contribution in [1.82, 2.24) is 0 Å². The molecule has 0 spiro atoms. The molecule has 0 aromatic carbocycles. The zero-order valence-electron chi connectivity index (χ0n) is 16.6. The van der Waals surface area contributed by atoms with Crippen LogP contribution < -0.4 is 0 Å². The topological polar surface area (TPSA) is 40.5 Å². The first-order valence-electron chi connectivity index (χ1n) is 9.86. The highest BCUT2D eigenvalue weighted by Gasteiger charge is 2.51. The highest BCUT2D eigenvalue weighted by atomic mass is 16.3. The van der Waals surface area contributed by atoms with Crippen LogP contribution in [0.5, 0.6) is 0 Å². The molecule has 2 heteroatoms. The van der Waals surface area contributed by atoms with Crippen molar-refractivity contribution in [1.29, 1.82) is 0 Å². The molecule has 2 saturated carbocycles. The number of rotatable bonds is 2. The first-order valence-corrected chi connectivity index (χ1v) is 9.86. The fourth-order valence-electron chi connectivity index (χ4n) is 6.14. The molecular weight excluding hydrogens is 284 g/mol. The Bertz CT molecular complexity index is 369. The van der Waals surface area contributed by atoms with Gasteiger partial charge in [0.05, 0.1) is 12.2 Å². The summed E-state index contributed by atoms with van der Waals surface area (Å²) in [6.07, 6.45) is 1.96. The van der Waals surface area contributed by atoms with Crippen LogP contribution in [0.1, 0.15) is 68.2 Å². The van der Waals surface area contributed by atoms with Crippen molar-refractivity contribution in [2.45, 2.75) is 80.4 Å². The van der Waals surface area contributed by atoms with E-state index in [2.05, 4.69) is 55.4 Å². The van der Waals surface area contributed by atoms with E-state index in [1.54, 1.807) is 0 Å². The lowest BCUT2D eigenvalue weighted by molar-refractivity contribution is -0.112. The molecule has 2 rings (SSSR count). The monoisotopic (exact) mass is 324 g/mol. The van der Waals surface area contributed by atoms with Crippen LogP contribution in [0.15, 0.2) is 0 Å². The molecule has 10 unspecified atom stereocenters. The molecule has 136 valence electrons. The summed E-state index contributed by atoms with van der Waals surface area (Å²) in [5.41, 5.74) is 0.254. The van der Waals surface area contributed by atoms with Crippen molar-refractivity contribution in [3.8, 4) is 0 Å². The second-order valence-electron chi connectivity index (χ2n) is 9.88. The number of hydrogen-bond donors (Lipinski definition) is 2. The predicted molar refractivity (Wildman–Crippen MR) is 97.0 cm³/mol. The van der Waals surface area contributed by atoms with E-state index in [9.17, 15) is 10.2 Å². The minimum absolute atomic E-state index is 0.152. The molecule has 0 aliphatic heterocycles. The van der Waals surface area contributed by atoms with Crippen molar-refractivity contribution in [3.63, 3.8) is 0 Å². The molecule has 0 heterocycles. The number of hydrogen-bond acceptors (Lipinski definition) is 2. The van der Waals surface area contributed by atoms with E-state index in [0.717, 1.165) is 12.8 Å². The van der Waals surface area contributed by atoms with E-state index in [1.807, 2.05) is 0 Å². The molecular formula is C21H40O2. The Morgan fingerprint density at radius 1 is 0.609 bits per heavy atom. The first-order chi connectivity index (χ1) is 10.5. The number of aliphatic hydroxyl groups is 2. The average Bonchev–Trinajstić information content (AvgIpc) is 2.49. The van der Waals surface area contributed by atoms with Crippen molar-refractivity contribution in [3.05, 3.63) is 0 Å². The average molecular weight is 325 g/mol. The normalized spacial score (nSPS) is 52.4. The molecule has 2 N–H and O–H groups in total. The molecule has 2 aliphatic rings. The first kappa shape index (κ1) is 19.2. The van der Waals surface area contributed by atoms with Crippen molar-refractivity contribution < 1.29 is 10.2 Å². The van der Waals surface area contributed by atoms with Crippen LogP contribution in [0.4, 0.5) is 0 Å². The van der Waals surface area contributed by atoms with Gasteiger partial charge in [-0.3, -0.25) is 0 Å². The van der Waals surface area contributed by atoms with Gasteiger partial charge >= 0.3 is 0 Å². The summed E-state index contributed by atoms with van der Waals surface area (Å²) in [6.45, 7) is 18.5. The highest BCUT2D eigenvalue weighted by molar-refractivity contribution is 5.00. The van der Waals surface area contributed by atoms with Gasteiger partial charge in [0.15, 0.2) is 0 Å². The molecule has 2 aliphatic carbocycles. The SMILES string of the molecule is CC1CC(C(C)(C)C2CC(C)C(O)C(C)C2C)C(C)C(C)C1O. The summed E-state index contributed by atoms with van der Waals surface area (Å²) in [5.74, 6) is 3.96. The molecule has 2 fully saturated rings. The fraction of sp³-hybridized carbons (Fsp3) is 1.00. The third kappa shape index (κ3) is 3.23. The summed E-state index contributed by atoms with van der Waals surface area (Å²) >= 11 is 0. The van der Waals surface area contributed by atoms with Crippen molar-refractivity contribution in [2.24, 2.45) is 52.8 Å². The van der Waals surface area contributed by atoms with Gasteiger partial charge < -0.3 is 10.2 Å². The Balaban J connectivity index is 2.26. The maximum atomic E-state index is 10.4. The Labute approximate surface area is 144 Å². The van der Waals surface area contributed by atoms with Crippen LogP contribution in [0.3, 0.4) is 0 Å². The molecule has 0 saturated heterocycles. The minimum atomic E-state index is -0.152. The van der Waals surface area contributed by atoms with E-state index < -0.39 is 0 Å². The van der Waals surface area contributed by atoms with Crippen LogP contribution in [0, 0.1) is 52.8 Å². The van der Waals surface area contributed by atoms with E-state index in [0.29, 0.717) is 47.3 Å². The quantitative estimate of drug-likeness (QED) is 0.780. The zero-order valence-corrected chi connectivity index (χ0v) is 16.6. The molecule has 0 aromatic rings. The van der Waals surface area contributed by atoms with Crippen LogP contribution in [-0.4, -0.2) is 22.4 Å². The van der Waals surface area contributed by atoms with E-state index in [1.165, 1.54) is 0 Å². The summed E-state index contributed by atoms with van der Waals surface area (Å²) < 4.78 is 0. The summed E-state index contributed by atoms with van der Waals surface area (Å²) in [5, 5.41) is 20.9. The molecule has 0 bridgehead atoms. The summed E-state index contributed by atoms with van der Waals surface area (Å²) in [6, 6.07) is 0. The molecule has 0 aromatic heterocycles. The Kier molecular flexibility index (Phi) is 5.58. The van der Waals surface area contributed by atoms with Crippen LogP contribution in [0.2, 0.25) is 0 Å². The smallest absolute Gasteiger partial charge is 0.0594 e. The van der Waals surface area contributed by atoms with Crippen molar-refractivity contribution in [2.75, 3.05) is 0 Å². The van der Waals surface area contributed by atoms with Gasteiger partial charge in [0.2, 0.25) is 0 Å². The van der Waals surface area contributed by atoms with Gasteiger partial charge in [0.1, 0.15) is 0 Å². The summed E-state index contributed by atoms with van der Waals surface area (Å²) in [7, 11) is 0. The van der Waals surface area contributed by atoms with Gasteiger partial charge in [-0.1, -0.05) is 55.4 Å². The van der Waals surface area contributed by atoms with Crippen LogP contribution >= 0.6 is 0 Å². The maximum Gasteiger partial charge on any atom is 0.0594 e. The van der Waals surface area contributed by atoms with Crippen molar-refractivity contribution >= 4 is 0 Å². The number of aliphatic hydroxyl groups excluding tert-OH is 2. The standard InChI is InChI=1S/C21H40O2/c1-11-9-17(13(3)15(5)19(11)22)21(7,8)18-10-12(2)20(23)16(6)14(18)4/h11-20,22-23H,9-10H2,1-8H3.